The molecule has 0 saturated heterocycles. The highest BCUT2D eigenvalue weighted by atomic mass is 35.5. The van der Waals surface area contributed by atoms with Gasteiger partial charge >= 0.3 is 0 Å². The molecule has 7 heteroatoms. The second-order valence-electron chi connectivity index (χ2n) is 4.28. The van der Waals surface area contributed by atoms with E-state index in [4.69, 9.17) is 28.9 Å². The molecule has 20 heavy (non-hydrogen) atoms. The first-order valence-electron chi connectivity index (χ1n) is 5.63. The highest BCUT2D eigenvalue weighted by Crippen LogP contribution is 2.29. The molecule has 0 atom stereocenters. The van der Waals surface area contributed by atoms with Crippen LogP contribution in [0.5, 0.6) is 0 Å². The third-order valence-corrected chi connectivity index (χ3v) is 4.79. The van der Waals surface area contributed by atoms with Crippen molar-refractivity contribution in [3.63, 3.8) is 0 Å². The van der Waals surface area contributed by atoms with Crippen LogP contribution in [-0.4, -0.2) is 8.42 Å². The SMILES string of the molecule is Cc1ccc(S(=O)(=O)Nc2cc(N)ccc2Cl)c(Cl)c1. The van der Waals surface area contributed by atoms with Gasteiger partial charge in [0.1, 0.15) is 4.90 Å². The number of aryl methyl sites for hydroxylation is 1. The summed E-state index contributed by atoms with van der Waals surface area (Å²) >= 11 is 11.9. The number of benzene rings is 2. The minimum Gasteiger partial charge on any atom is -0.399 e. The Labute approximate surface area is 127 Å². The predicted octanol–water partition coefficient (Wildman–Crippen LogP) is 3.68. The number of halogens is 2. The van der Waals surface area contributed by atoms with Crippen molar-refractivity contribution in [1.29, 1.82) is 0 Å². The fourth-order valence-corrected chi connectivity index (χ4v) is 3.54. The molecular weight excluding hydrogens is 319 g/mol. The Morgan fingerprint density at radius 3 is 2.40 bits per heavy atom. The Bertz CT molecular complexity index is 761. The molecule has 2 aromatic rings. The van der Waals surface area contributed by atoms with Gasteiger partial charge in [-0.05, 0) is 42.8 Å². The molecule has 0 spiro atoms. The van der Waals surface area contributed by atoms with Gasteiger partial charge in [-0.1, -0.05) is 29.3 Å². The average molecular weight is 331 g/mol. The summed E-state index contributed by atoms with van der Waals surface area (Å²) in [6.07, 6.45) is 0. The van der Waals surface area contributed by atoms with Gasteiger partial charge in [0.25, 0.3) is 10.0 Å². The molecule has 3 N–H and O–H groups in total. The molecule has 0 aromatic heterocycles. The molecule has 0 fully saturated rings. The molecule has 0 aliphatic carbocycles. The predicted molar refractivity (Wildman–Crippen MR) is 82.9 cm³/mol. The summed E-state index contributed by atoms with van der Waals surface area (Å²) in [6, 6.07) is 9.24. The lowest BCUT2D eigenvalue weighted by Gasteiger charge is -2.11. The van der Waals surface area contributed by atoms with Gasteiger partial charge in [0.2, 0.25) is 0 Å². The van der Waals surface area contributed by atoms with Gasteiger partial charge in [-0.3, -0.25) is 4.72 Å². The fraction of sp³-hybridized carbons (Fsp3) is 0.0769. The van der Waals surface area contributed by atoms with E-state index in [1.807, 2.05) is 6.92 Å². The van der Waals surface area contributed by atoms with Gasteiger partial charge < -0.3 is 5.73 Å². The van der Waals surface area contributed by atoms with Gasteiger partial charge in [0.05, 0.1) is 15.7 Å². The van der Waals surface area contributed by atoms with Gasteiger partial charge in [-0.15, -0.1) is 0 Å². The van der Waals surface area contributed by atoms with Crippen LogP contribution in [0.3, 0.4) is 0 Å². The standard InChI is InChI=1S/C13H12Cl2N2O2S/c1-8-2-5-13(11(15)6-8)20(18,19)17-12-7-9(16)3-4-10(12)14/h2-7,17H,16H2,1H3. The Balaban J connectivity index is 2.43. The second-order valence-corrected chi connectivity index (χ2v) is 6.74. The van der Waals surface area contributed by atoms with Gasteiger partial charge in [-0.2, -0.15) is 0 Å². The molecule has 0 heterocycles. The van der Waals surface area contributed by atoms with Crippen LogP contribution in [0, 0.1) is 6.92 Å². The molecule has 0 bridgehead atoms. The van der Waals surface area contributed by atoms with Crippen molar-refractivity contribution in [3.05, 3.63) is 52.0 Å². The zero-order valence-electron chi connectivity index (χ0n) is 10.5. The van der Waals surface area contributed by atoms with Crippen molar-refractivity contribution < 1.29 is 8.42 Å². The summed E-state index contributed by atoms with van der Waals surface area (Å²) in [5.74, 6) is 0. The Hall–Kier alpha value is -1.43. The van der Waals surface area contributed by atoms with Crippen LogP contribution >= 0.6 is 23.2 Å². The van der Waals surface area contributed by atoms with E-state index in [9.17, 15) is 8.42 Å². The van der Waals surface area contributed by atoms with Crippen molar-refractivity contribution in [2.24, 2.45) is 0 Å². The number of nitrogens with two attached hydrogens (primary N) is 1. The normalized spacial score (nSPS) is 11.3. The summed E-state index contributed by atoms with van der Waals surface area (Å²) in [5.41, 5.74) is 7.10. The molecule has 0 radical (unpaired) electrons. The minimum atomic E-state index is -3.82. The van der Waals surface area contributed by atoms with E-state index in [0.717, 1.165) is 5.56 Å². The van der Waals surface area contributed by atoms with E-state index >= 15 is 0 Å². The number of hydrogen-bond acceptors (Lipinski definition) is 3. The van der Waals surface area contributed by atoms with Crippen LogP contribution in [0.4, 0.5) is 11.4 Å². The molecule has 0 saturated carbocycles. The lowest BCUT2D eigenvalue weighted by Crippen LogP contribution is -2.14. The lowest BCUT2D eigenvalue weighted by atomic mass is 10.2. The Morgan fingerprint density at radius 2 is 1.75 bits per heavy atom. The average Bonchev–Trinajstić information content (AvgIpc) is 2.33. The molecule has 2 aromatic carbocycles. The Morgan fingerprint density at radius 1 is 1.05 bits per heavy atom. The topological polar surface area (TPSA) is 72.2 Å². The van der Waals surface area contributed by atoms with Crippen molar-refractivity contribution in [2.75, 3.05) is 10.5 Å². The van der Waals surface area contributed by atoms with Crippen molar-refractivity contribution in [1.82, 2.24) is 0 Å². The van der Waals surface area contributed by atoms with E-state index < -0.39 is 10.0 Å². The first kappa shape index (κ1) is 15.0. The highest BCUT2D eigenvalue weighted by Gasteiger charge is 2.19. The van der Waals surface area contributed by atoms with Crippen molar-refractivity contribution in [3.8, 4) is 0 Å². The maximum atomic E-state index is 12.3. The summed E-state index contributed by atoms with van der Waals surface area (Å²) in [4.78, 5) is -0.0109. The molecule has 0 aliphatic rings. The van der Waals surface area contributed by atoms with Crippen LogP contribution in [0.25, 0.3) is 0 Å². The van der Waals surface area contributed by atoms with Gasteiger partial charge in [0, 0.05) is 5.69 Å². The molecule has 0 amide bonds. The zero-order chi connectivity index (χ0) is 14.9. The summed E-state index contributed by atoms with van der Waals surface area (Å²) in [6.45, 7) is 1.82. The van der Waals surface area contributed by atoms with Crippen LogP contribution in [0.1, 0.15) is 5.56 Å². The summed E-state index contributed by atoms with van der Waals surface area (Å²) in [5, 5.41) is 0.406. The van der Waals surface area contributed by atoms with E-state index in [2.05, 4.69) is 4.72 Å². The molecule has 106 valence electrons. The van der Waals surface area contributed by atoms with Crippen LogP contribution in [0.2, 0.25) is 10.0 Å². The monoisotopic (exact) mass is 330 g/mol. The number of rotatable bonds is 3. The maximum Gasteiger partial charge on any atom is 0.263 e. The van der Waals surface area contributed by atoms with Gasteiger partial charge in [0.15, 0.2) is 0 Å². The quantitative estimate of drug-likeness (QED) is 0.843. The van der Waals surface area contributed by atoms with Gasteiger partial charge in [-0.25, -0.2) is 8.42 Å². The zero-order valence-corrected chi connectivity index (χ0v) is 12.9. The third-order valence-electron chi connectivity index (χ3n) is 2.61. The largest absolute Gasteiger partial charge is 0.399 e. The van der Waals surface area contributed by atoms with Crippen LogP contribution < -0.4 is 10.5 Å². The van der Waals surface area contributed by atoms with E-state index in [1.165, 1.54) is 18.2 Å². The smallest absolute Gasteiger partial charge is 0.263 e. The molecule has 2 rings (SSSR count). The van der Waals surface area contributed by atoms with Crippen molar-refractivity contribution >= 4 is 44.6 Å². The number of anilines is 2. The highest BCUT2D eigenvalue weighted by molar-refractivity contribution is 7.92. The number of sulfonamides is 1. The first-order valence-corrected chi connectivity index (χ1v) is 7.87. The molecule has 0 unspecified atom stereocenters. The minimum absolute atomic E-state index is 0.0109. The van der Waals surface area contributed by atoms with Crippen molar-refractivity contribution in [2.45, 2.75) is 11.8 Å². The lowest BCUT2D eigenvalue weighted by molar-refractivity contribution is 0.601. The Kier molecular flexibility index (Phi) is 4.13. The summed E-state index contributed by atoms with van der Waals surface area (Å²) < 4.78 is 27.0. The number of nitrogen functional groups attached to an aromatic ring is 1. The fourth-order valence-electron chi connectivity index (χ4n) is 1.64. The van der Waals surface area contributed by atoms with E-state index in [-0.39, 0.29) is 20.6 Å². The molecule has 4 nitrogen and oxygen atoms in total. The van der Waals surface area contributed by atoms with E-state index in [1.54, 1.807) is 18.2 Å². The molecular formula is C13H12Cl2N2O2S. The second kappa shape index (κ2) is 5.52. The third kappa shape index (κ3) is 3.17. The number of nitrogens with one attached hydrogen (secondary N) is 1. The van der Waals surface area contributed by atoms with Crippen LogP contribution in [0.15, 0.2) is 41.3 Å². The molecule has 0 aliphatic heterocycles. The van der Waals surface area contributed by atoms with E-state index in [0.29, 0.717) is 5.69 Å². The van der Waals surface area contributed by atoms with Crippen LogP contribution in [-0.2, 0) is 10.0 Å². The maximum absolute atomic E-state index is 12.3. The number of hydrogen-bond donors (Lipinski definition) is 2. The summed E-state index contributed by atoms with van der Waals surface area (Å²) in [7, 11) is -3.82. The first-order chi connectivity index (χ1) is 9.29.